The van der Waals surface area contributed by atoms with Crippen molar-refractivity contribution in [1.82, 2.24) is 5.32 Å². The van der Waals surface area contributed by atoms with E-state index >= 15 is 0 Å². The first kappa shape index (κ1) is 15.3. The third-order valence-electron chi connectivity index (χ3n) is 4.09. The van der Waals surface area contributed by atoms with Crippen LogP contribution >= 0.6 is 11.6 Å². The van der Waals surface area contributed by atoms with Gasteiger partial charge in [-0.1, -0.05) is 43.0 Å². The zero-order valence-electron chi connectivity index (χ0n) is 11.8. The van der Waals surface area contributed by atoms with Crippen LogP contribution in [0.4, 0.5) is 0 Å². The van der Waals surface area contributed by atoms with E-state index in [0.29, 0.717) is 13.0 Å². The van der Waals surface area contributed by atoms with Crippen LogP contribution in [0.5, 0.6) is 0 Å². The van der Waals surface area contributed by atoms with Crippen LogP contribution in [0.1, 0.15) is 50.5 Å². The SMILES string of the molecule is NCCCC(=O)NC1(c2ccc(Cl)cc2)CCCCC1. The van der Waals surface area contributed by atoms with Crippen LogP contribution in [0.25, 0.3) is 0 Å². The predicted octanol–water partition coefficient (Wildman–Crippen LogP) is 3.35. The average molecular weight is 295 g/mol. The molecule has 1 aliphatic carbocycles. The average Bonchev–Trinajstić information content (AvgIpc) is 2.46. The molecule has 0 spiro atoms. The topological polar surface area (TPSA) is 55.1 Å². The van der Waals surface area contributed by atoms with Crippen molar-refractivity contribution in [3.8, 4) is 0 Å². The van der Waals surface area contributed by atoms with Crippen molar-refractivity contribution >= 4 is 17.5 Å². The maximum absolute atomic E-state index is 12.1. The number of halogens is 1. The largest absolute Gasteiger partial charge is 0.347 e. The van der Waals surface area contributed by atoms with Crippen LogP contribution in [0.3, 0.4) is 0 Å². The minimum Gasteiger partial charge on any atom is -0.347 e. The number of rotatable bonds is 5. The predicted molar refractivity (Wildman–Crippen MR) is 82.6 cm³/mol. The Balaban J connectivity index is 2.16. The number of carbonyl (C=O) groups excluding carboxylic acids is 1. The Morgan fingerprint density at radius 1 is 1.20 bits per heavy atom. The lowest BCUT2D eigenvalue weighted by Crippen LogP contribution is -2.47. The number of benzene rings is 1. The molecule has 0 radical (unpaired) electrons. The smallest absolute Gasteiger partial charge is 0.220 e. The fraction of sp³-hybridized carbons (Fsp3) is 0.562. The van der Waals surface area contributed by atoms with Gasteiger partial charge in [-0.25, -0.2) is 0 Å². The number of hydrogen-bond acceptors (Lipinski definition) is 2. The summed E-state index contributed by atoms with van der Waals surface area (Å²) in [5.74, 6) is 0.104. The van der Waals surface area contributed by atoms with E-state index < -0.39 is 0 Å². The number of carbonyl (C=O) groups is 1. The molecule has 2 rings (SSSR count). The normalized spacial score (nSPS) is 17.7. The van der Waals surface area contributed by atoms with Crippen LogP contribution < -0.4 is 11.1 Å². The molecule has 1 aromatic carbocycles. The van der Waals surface area contributed by atoms with Gasteiger partial charge in [0.25, 0.3) is 0 Å². The fourth-order valence-electron chi connectivity index (χ4n) is 3.00. The molecule has 20 heavy (non-hydrogen) atoms. The Bertz CT molecular complexity index is 438. The quantitative estimate of drug-likeness (QED) is 0.875. The first-order valence-corrected chi connectivity index (χ1v) is 7.81. The van der Waals surface area contributed by atoms with Gasteiger partial charge in [-0.05, 0) is 43.5 Å². The molecule has 1 aromatic rings. The van der Waals surface area contributed by atoms with E-state index in [-0.39, 0.29) is 11.4 Å². The molecule has 3 N–H and O–H groups in total. The molecular formula is C16H23ClN2O. The fourth-order valence-corrected chi connectivity index (χ4v) is 3.13. The van der Waals surface area contributed by atoms with Crippen LogP contribution in [-0.4, -0.2) is 12.5 Å². The van der Waals surface area contributed by atoms with Crippen molar-refractivity contribution < 1.29 is 4.79 Å². The molecule has 4 heteroatoms. The highest BCUT2D eigenvalue weighted by Gasteiger charge is 2.34. The summed E-state index contributed by atoms with van der Waals surface area (Å²) >= 11 is 5.97. The monoisotopic (exact) mass is 294 g/mol. The van der Waals surface area contributed by atoms with Gasteiger partial charge in [0.05, 0.1) is 5.54 Å². The summed E-state index contributed by atoms with van der Waals surface area (Å²) in [6.45, 7) is 0.557. The maximum Gasteiger partial charge on any atom is 0.220 e. The van der Waals surface area contributed by atoms with E-state index in [1.165, 1.54) is 12.0 Å². The Morgan fingerprint density at radius 2 is 1.85 bits per heavy atom. The molecule has 1 amide bonds. The van der Waals surface area contributed by atoms with Crippen molar-refractivity contribution in [2.75, 3.05) is 6.54 Å². The summed E-state index contributed by atoms with van der Waals surface area (Å²) < 4.78 is 0. The second-order valence-electron chi connectivity index (χ2n) is 5.59. The van der Waals surface area contributed by atoms with Crippen molar-refractivity contribution in [3.05, 3.63) is 34.9 Å². The number of nitrogens with one attached hydrogen (secondary N) is 1. The molecule has 0 aliphatic heterocycles. The number of nitrogens with two attached hydrogens (primary N) is 1. The van der Waals surface area contributed by atoms with E-state index in [0.717, 1.165) is 37.1 Å². The van der Waals surface area contributed by atoms with E-state index in [9.17, 15) is 4.79 Å². The molecule has 1 saturated carbocycles. The minimum atomic E-state index is -0.214. The van der Waals surface area contributed by atoms with E-state index in [1.807, 2.05) is 24.3 Å². The summed E-state index contributed by atoms with van der Waals surface area (Å²) in [5.41, 5.74) is 6.43. The van der Waals surface area contributed by atoms with Gasteiger partial charge >= 0.3 is 0 Å². The Kier molecular flexibility index (Phi) is 5.44. The second-order valence-corrected chi connectivity index (χ2v) is 6.03. The third kappa shape index (κ3) is 3.74. The second kappa shape index (κ2) is 7.09. The van der Waals surface area contributed by atoms with Gasteiger partial charge in [0, 0.05) is 11.4 Å². The lowest BCUT2D eigenvalue weighted by Gasteiger charge is -2.39. The molecule has 1 fully saturated rings. The number of hydrogen-bond donors (Lipinski definition) is 2. The van der Waals surface area contributed by atoms with E-state index in [1.54, 1.807) is 0 Å². The molecule has 0 atom stereocenters. The van der Waals surface area contributed by atoms with Crippen LogP contribution in [-0.2, 0) is 10.3 Å². The van der Waals surface area contributed by atoms with Gasteiger partial charge in [-0.15, -0.1) is 0 Å². The van der Waals surface area contributed by atoms with Crippen molar-refractivity contribution in [2.45, 2.75) is 50.5 Å². The first-order chi connectivity index (χ1) is 9.66. The molecule has 1 aliphatic rings. The molecule has 0 heterocycles. The van der Waals surface area contributed by atoms with Crippen LogP contribution in [0.2, 0.25) is 5.02 Å². The lowest BCUT2D eigenvalue weighted by molar-refractivity contribution is -0.123. The lowest BCUT2D eigenvalue weighted by atomic mass is 9.76. The summed E-state index contributed by atoms with van der Waals surface area (Å²) in [6, 6.07) is 7.88. The van der Waals surface area contributed by atoms with Crippen molar-refractivity contribution in [3.63, 3.8) is 0 Å². The summed E-state index contributed by atoms with van der Waals surface area (Å²) in [7, 11) is 0. The zero-order chi connectivity index (χ0) is 14.4. The third-order valence-corrected chi connectivity index (χ3v) is 4.34. The Labute approximate surface area is 125 Å². The Hall–Kier alpha value is -1.06. The molecule has 3 nitrogen and oxygen atoms in total. The van der Waals surface area contributed by atoms with Gasteiger partial charge < -0.3 is 11.1 Å². The van der Waals surface area contributed by atoms with Gasteiger partial charge in [0.1, 0.15) is 0 Å². The van der Waals surface area contributed by atoms with Crippen molar-refractivity contribution in [2.24, 2.45) is 5.73 Å². The minimum absolute atomic E-state index is 0.104. The van der Waals surface area contributed by atoms with Gasteiger partial charge in [0.2, 0.25) is 5.91 Å². The zero-order valence-corrected chi connectivity index (χ0v) is 12.6. The molecule has 110 valence electrons. The molecular weight excluding hydrogens is 272 g/mol. The van der Waals surface area contributed by atoms with Gasteiger partial charge in [-0.3, -0.25) is 4.79 Å². The maximum atomic E-state index is 12.1. The standard InChI is InChI=1S/C16H23ClN2O/c17-14-8-6-13(7-9-14)16(10-2-1-3-11-16)19-15(20)5-4-12-18/h6-9H,1-5,10-12,18H2,(H,19,20). The van der Waals surface area contributed by atoms with Gasteiger partial charge in [-0.2, -0.15) is 0 Å². The summed E-state index contributed by atoms with van der Waals surface area (Å²) in [4.78, 5) is 12.1. The molecule has 0 aromatic heterocycles. The summed E-state index contributed by atoms with van der Waals surface area (Å²) in [5, 5.41) is 4.00. The highest BCUT2D eigenvalue weighted by atomic mass is 35.5. The molecule has 0 unspecified atom stereocenters. The van der Waals surface area contributed by atoms with Gasteiger partial charge in [0.15, 0.2) is 0 Å². The molecule has 0 saturated heterocycles. The number of amides is 1. The van der Waals surface area contributed by atoms with Crippen LogP contribution in [0, 0.1) is 0 Å². The van der Waals surface area contributed by atoms with E-state index in [2.05, 4.69) is 5.32 Å². The summed E-state index contributed by atoms with van der Waals surface area (Å²) in [6.07, 6.45) is 6.80. The Morgan fingerprint density at radius 3 is 2.45 bits per heavy atom. The highest BCUT2D eigenvalue weighted by Crippen LogP contribution is 2.37. The molecule has 0 bridgehead atoms. The van der Waals surface area contributed by atoms with Crippen molar-refractivity contribution in [1.29, 1.82) is 0 Å². The first-order valence-electron chi connectivity index (χ1n) is 7.43. The highest BCUT2D eigenvalue weighted by molar-refractivity contribution is 6.30. The van der Waals surface area contributed by atoms with E-state index in [4.69, 9.17) is 17.3 Å². The van der Waals surface area contributed by atoms with Crippen LogP contribution in [0.15, 0.2) is 24.3 Å².